The summed E-state index contributed by atoms with van der Waals surface area (Å²) in [6, 6.07) is 1.19. The Bertz CT molecular complexity index is 797. The van der Waals surface area contributed by atoms with Crippen molar-refractivity contribution in [1.29, 1.82) is 0 Å². The number of carbonyl (C=O) groups excluding carboxylic acids is 1. The van der Waals surface area contributed by atoms with Gasteiger partial charge in [-0.15, -0.1) is 0 Å². The molecule has 1 aliphatic carbocycles. The van der Waals surface area contributed by atoms with E-state index in [4.69, 9.17) is 0 Å². The number of rotatable bonds is 7. The molecule has 0 bridgehead atoms. The highest BCUT2D eigenvalue weighted by Crippen LogP contribution is 2.33. The standard InChI is InChI=1S/C18H20F3N3OS/c1-3-6-24(9-11-4-5-11)17(25)16-10(2)22-18(26-16)23-15-13(20)7-12(19)8-14(15)21/h7-8,11H,3-6,9H2,1-2H3,(H,22,23). The highest BCUT2D eigenvalue weighted by Gasteiger charge is 2.29. The smallest absolute Gasteiger partial charge is 0.265 e. The van der Waals surface area contributed by atoms with Gasteiger partial charge >= 0.3 is 0 Å². The first kappa shape index (κ1) is 18.7. The average Bonchev–Trinajstić information content (AvgIpc) is 3.31. The van der Waals surface area contributed by atoms with E-state index >= 15 is 0 Å². The van der Waals surface area contributed by atoms with Crippen molar-refractivity contribution in [3.05, 3.63) is 40.2 Å². The average molecular weight is 383 g/mol. The monoisotopic (exact) mass is 383 g/mol. The summed E-state index contributed by atoms with van der Waals surface area (Å²) >= 11 is 1.05. The van der Waals surface area contributed by atoms with E-state index in [-0.39, 0.29) is 11.0 Å². The summed E-state index contributed by atoms with van der Waals surface area (Å²) in [5.41, 5.74) is 0.0184. The minimum absolute atomic E-state index is 0.109. The third-order valence-corrected chi connectivity index (χ3v) is 5.25. The molecule has 1 aromatic heterocycles. The molecule has 3 rings (SSSR count). The van der Waals surface area contributed by atoms with Crippen molar-refractivity contribution >= 4 is 28.1 Å². The van der Waals surface area contributed by atoms with E-state index in [1.54, 1.807) is 6.92 Å². The Morgan fingerprint density at radius 3 is 2.54 bits per heavy atom. The molecule has 2 aromatic rings. The molecule has 8 heteroatoms. The van der Waals surface area contributed by atoms with Crippen LogP contribution in [0.1, 0.15) is 41.6 Å². The predicted molar refractivity (Wildman–Crippen MR) is 95.4 cm³/mol. The maximum Gasteiger partial charge on any atom is 0.265 e. The number of anilines is 2. The van der Waals surface area contributed by atoms with Crippen LogP contribution in [0.2, 0.25) is 0 Å². The van der Waals surface area contributed by atoms with E-state index in [0.29, 0.717) is 35.2 Å². The maximum absolute atomic E-state index is 13.8. The lowest BCUT2D eigenvalue weighted by Crippen LogP contribution is -2.33. The summed E-state index contributed by atoms with van der Waals surface area (Å²) < 4.78 is 40.6. The minimum Gasteiger partial charge on any atom is -0.338 e. The van der Waals surface area contributed by atoms with Gasteiger partial charge in [-0.25, -0.2) is 18.2 Å². The second kappa shape index (κ2) is 7.65. The van der Waals surface area contributed by atoms with Gasteiger partial charge in [-0.1, -0.05) is 18.3 Å². The largest absolute Gasteiger partial charge is 0.338 e. The number of aromatic nitrogens is 1. The quantitative estimate of drug-likeness (QED) is 0.742. The van der Waals surface area contributed by atoms with E-state index in [0.717, 1.165) is 37.1 Å². The minimum atomic E-state index is -1.05. The van der Waals surface area contributed by atoms with Gasteiger partial charge in [0.1, 0.15) is 16.4 Å². The first-order valence-electron chi connectivity index (χ1n) is 8.57. The topological polar surface area (TPSA) is 45.2 Å². The van der Waals surface area contributed by atoms with Gasteiger partial charge in [-0.2, -0.15) is 0 Å². The van der Waals surface area contributed by atoms with Gasteiger partial charge < -0.3 is 10.2 Å². The summed E-state index contributed by atoms with van der Waals surface area (Å²) in [6.07, 6.45) is 3.14. The van der Waals surface area contributed by atoms with Crippen molar-refractivity contribution in [3.63, 3.8) is 0 Å². The molecule has 1 heterocycles. The lowest BCUT2D eigenvalue weighted by molar-refractivity contribution is 0.0751. The zero-order valence-corrected chi connectivity index (χ0v) is 15.4. The summed E-state index contributed by atoms with van der Waals surface area (Å²) in [5.74, 6) is -2.64. The third kappa shape index (κ3) is 4.17. The SMILES string of the molecule is CCCN(CC1CC1)C(=O)c1sc(Nc2c(F)cc(F)cc2F)nc1C. The van der Waals surface area contributed by atoms with Crippen LogP contribution in [0, 0.1) is 30.3 Å². The molecule has 0 aliphatic heterocycles. The highest BCUT2D eigenvalue weighted by atomic mass is 32.1. The third-order valence-electron chi connectivity index (χ3n) is 4.19. The first-order valence-corrected chi connectivity index (χ1v) is 9.39. The molecule has 140 valence electrons. The number of hydrogen-bond acceptors (Lipinski definition) is 4. The molecular weight excluding hydrogens is 363 g/mol. The summed E-state index contributed by atoms with van der Waals surface area (Å²) in [6.45, 7) is 5.10. The molecular formula is C18H20F3N3OS. The van der Waals surface area contributed by atoms with Crippen LogP contribution in [0.15, 0.2) is 12.1 Å². The normalized spacial score (nSPS) is 13.7. The Hall–Kier alpha value is -2.09. The highest BCUT2D eigenvalue weighted by molar-refractivity contribution is 7.17. The van der Waals surface area contributed by atoms with E-state index in [1.807, 2.05) is 11.8 Å². The van der Waals surface area contributed by atoms with Crippen molar-refractivity contribution < 1.29 is 18.0 Å². The number of nitrogens with zero attached hydrogens (tertiary/aromatic N) is 2. The molecule has 1 aliphatic rings. The van der Waals surface area contributed by atoms with E-state index < -0.39 is 23.1 Å². The molecule has 26 heavy (non-hydrogen) atoms. The van der Waals surface area contributed by atoms with Gasteiger partial charge in [0, 0.05) is 25.2 Å². The Labute approximate surface area is 154 Å². The van der Waals surface area contributed by atoms with Crippen LogP contribution in [0.3, 0.4) is 0 Å². The Kier molecular flexibility index (Phi) is 5.50. The Morgan fingerprint density at radius 2 is 1.96 bits per heavy atom. The summed E-state index contributed by atoms with van der Waals surface area (Å²) in [4.78, 5) is 19.3. The van der Waals surface area contributed by atoms with Crippen molar-refractivity contribution in [2.75, 3.05) is 18.4 Å². The van der Waals surface area contributed by atoms with Crippen LogP contribution in [0.4, 0.5) is 24.0 Å². The second-order valence-corrected chi connectivity index (χ2v) is 7.50. The number of nitrogens with one attached hydrogen (secondary N) is 1. The Morgan fingerprint density at radius 1 is 1.31 bits per heavy atom. The van der Waals surface area contributed by atoms with Crippen LogP contribution < -0.4 is 5.32 Å². The molecule has 1 fully saturated rings. The fourth-order valence-corrected chi connectivity index (χ4v) is 3.66. The van der Waals surface area contributed by atoms with Gasteiger partial charge in [0.15, 0.2) is 16.8 Å². The van der Waals surface area contributed by atoms with E-state index in [2.05, 4.69) is 10.3 Å². The van der Waals surface area contributed by atoms with Crippen molar-refractivity contribution in [2.24, 2.45) is 5.92 Å². The fraction of sp³-hybridized carbons (Fsp3) is 0.444. The number of halogens is 3. The second-order valence-electron chi connectivity index (χ2n) is 6.50. The van der Waals surface area contributed by atoms with Crippen molar-refractivity contribution in [1.82, 2.24) is 9.88 Å². The predicted octanol–water partition coefficient (Wildman–Crippen LogP) is 4.87. The van der Waals surface area contributed by atoms with Gasteiger partial charge in [0.2, 0.25) is 0 Å². The molecule has 0 saturated heterocycles. The molecule has 1 saturated carbocycles. The van der Waals surface area contributed by atoms with Gasteiger partial charge in [0.05, 0.1) is 5.69 Å². The van der Waals surface area contributed by atoms with Crippen molar-refractivity contribution in [3.8, 4) is 0 Å². The number of amides is 1. The molecule has 0 unspecified atom stereocenters. The molecule has 1 amide bonds. The molecule has 1 aromatic carbocycles. The summed E-state index contributed by atoms with van der Waals surface area (Å²) in [5, 5.41) is 2.72. The van der Waals surface area contributed by atoms with Crippen LogP contribution >= 0.6 is 11.3 Å². The number of carbonyl (C=O) groups is 1. The lowest BCUT2D eigenvalue weighted by atomic mass is 10.3. The lowest BCUT2D eigenvalue weighted by Gasteiger charge is -2.21. The van der Waals surface area contributed by atoms with E-state index in [9.17, 15) is 18.0 Å². The van der Waals surface area contributed by atoms with Crippen LogP contribution in [-0.2, 0) is 0 Å². The van der Waals surface area contributed by atoms with E-state index in [1.165, 1.54) is 0 Å². The maximum atomic E-state index is 13.8. The van der Waals surface area contributed by atoms with Crippen molar-refractivity contribution in [2.45, 2.75) is 33.1 Å². The molecule has 0 spiro atoms. The van der Waals surface area contributed by atoms with Gasteiger partial charge in [-0.05, 0) is 32.1 Å². The number of thiazole rings is 1. The van der Waals surface area contributed by atoms with Crippen LogP contribution in [0.5, 0.6) is 0 Å². The van der Waals surface area contributed by atoms with Gasteiger partial charge in [0.25, 0.3) is 5.91 Å². The zero-order chi connectivity index (χ0) is 18.8. The van der Waals surface area contributed by atoms with Crippen LogP contribution in [0.25, 0.3) is 0 Å². The molecule has 0 atom stereocenters. The van der Waals surface area contributed by atoms with Crippen LogP contribution in [-0.4, -0.2) is 28.9 Å². The number of hydrogen-bond donors (Lipinski definition) is 1. The number of aryl methyl sites for hydroxylation is 1. The van der Waals surface area contributed by atoms with Gasteiger partial charge in [-0.3, -0.25) is 4.79 Å². The molecule has 0 radical (unpaired) electrons. The molecule has 1 N–H and O–H groups in total. The Balaban J connectivity index is 1.81. The first-order chi connectivity index (χ1) is 12.4. The fourth-order valence-electron chi connectivity index (χ4n) is 2.72. The zero-order valence-electron chi connectivity index (χ0n) is 14.6. The molecule has 4 nitrogen and oxygen atoms in total. The summed E-state index contributed by atoms with van der Waals surface area (Å²) in [7, 11) is 0. The number of benzene rings is 1.